The number of nitrogens with zero attached hydrogens (tertiary/aromatic N) is 2. The van der Waals surface area contributed by atoms with Gasteiger partial charge in [-0.05, 0) is 54.8 Å². The van der Waals surface area contributed by atoms with Crippen molar-refractivity contribution in [3.8, 4) is 23.0 Å². The lowest BCUT2D eigenvalue weighted by atomic mass is 10.1. The Hall–Kier alpha value is -4.20. The molecule has 0 radical (unpaired) electrons. The fourth-order valence-corrected chi connectivity index (χ4v) is 3.98. The van der Waals surface area contributed by atoms with Crippen LogP contribution in [0.1, 0.15) is 30.3 Å². The number of methoxy groups -OCH3 is 2. The van der Waals surface area contributed by atoms with E-state index in [9.17, 15) is 4.79 Å². The van der Waals surface area contributed by atoms with Crippen LogP contribution in [0.5, 0.6) is 23.0 Å². The quantitative estimate of drug-likeness (QED) is 0.244. The molecular weight excluding hydrogens is 472 g/mol. The van der Waals surface area contributed by atoms with E-state index in [1.165, 1.54) is 0 Å². The van der Waals surface area contributed by atoms with Gasteiger partial charge in [-0.3, -0.25) is 4.79 Å². The van der Waals surface area contributed by atoms with Gasteiger partial charge in [0.1, 0.15) is 42.0 Å². The third kappa shape index (κ3) is 6.52. The summed E-state index contributed by atoms with van der Waals surface area (Å²) in [7, 11) is 5.23. The highest BCUT2D eigenvalue weighted by Gasteiger charge is 2.13. The predicted molar refractivity (Wildman–Crippen MR) is 140 cm³/mol. The van der Waals surface area contributed by atoms with E-state index in [4.69, 9.17) is 23.7 Å². The van der Waals surface area contributed by atoms with E-state index < -0.39 is 0 Å². The zero-order valence-electron chi connectivity index (χ0n) is 21.7. The molecule has 4 rings (SSSR count). The number of ether oxygens (including phenoxy) is 5. The van der Waals surface area contributed by atoms with E-state index >= 15 is 0 Å². The van der Waals surface area contributed by atoms with Crippen molar-refractivity contribution in [1.82, 2.24) is 9.55 Å². The molecule has 0 aliphatic carbocycles. The van der Waals surface area contributed by atoms with E-state index in [0.717, 1.165) is 39.5 Å². The van der Waals surface area contributed by atoms with Crippen LogP contribution in [0.15, 0.2) is 60.7 Å². The largest absolute Gasteiger partial charge is 0.497 e. The van der Waals surface area contributed by atoms with Gasteiger partial charge in [-0.25, -0.2) is 4.98 Å². The molecule has 3 aromatic carbocycles. The Morgan fingerprint density at radius 1 is 0.892 bits per heavy atom. The van der Waals surface area contributed by atoms with Gasteiger partial charge < -0.3 is 28.3 Å². The molecule has 0 unspecified atom stereocenters. The van der Waals surface area contributed by atoms with Crippen molar-refractivity contribution in [2.24, 2.45) is 7.05 Å². The van der Waals surface area contributed by atoms with Gasteiger partial charge >= 0.3 is 5.97 Å². The van der Waals surface area contributed by atoms with Crippen LogP contribution in [0.3, 0.4) is 0 Å². The average Bonchev–Trinajstić information content (AvgIpc) is 3.24. The van der Waals surface area contributed by atoms with E-state index in [1.54, 1.807) is 21.1 Å². The molecule has 1 heterocycles. The monoisotopic (exact) mass is 504 g/mol. The molecule has 0 amide bonds. The fraction of sp³-hybridized carbons (Fsp3) is 0.310. The van der Waals surface area contributed by atoms with E-state index in [1.807, 2.05) is 72.3 Å². The Labute approximate surface area is 216 Å². The highest BCUT2D eigenvalue weighted by molar-refractivity contribution is 5.77. The first kappa shape index (κ1) is 25.9. The number of imidazole rings is 1. The molecule has 0 fully saturated rings. The zero-order valence-corrected chi connectivity index (χ0v) is 21.7. The maximum Gasteiger partial charge on any atom is 0.306 e. The molecule has 8 nitrogen and oxygen atoms in total. The number of carbonyl (C=O) groups excluding carboxylic acids is 1. The van der Waals surface area contributed by atoms with Crippen LogP contribution < -0.4 is 18.9 Å². The molecule has 0 saturated carbocycles. The van der Waals surface area contributed by atoms with Crippen LogP contribution >= 0.6 is 0 Å². The van der Waals surface area contributed by atoms with Gasteiger partial charge in [-0.2, -0.15) is 0 Å². The number of esters is 1. The summed E-state index contributed by atoms with van der Waals surface area (Å²) >= 11 is 0. The van der Waals surface area contributed by atoms with Crippen LogP contribution in [0.2, 0.25) is 0 Å². The Kier molecular flexibility index (Phi) is 8.51. The molecule has 8 heteroatoms. The number of hydrogen-bond acceptors (Lipinski definition) is 7. The normalized spacial score (nSPS) is 10.8. The van der Waals surface area contributed by atoms with Crippen molar-refractivity contribution >= 4 is 17.0 Å². The Morgan fingerprint density at radius 3 is 2.46 bits per heavy atom. The van der Waals surface area contributed by atoms with Crippen LogP contribution in [0.25, 0.3) is 11.0 Å². The number of aryl methyl sites for hydroxylation is 2. The van der Waals surface area contributed by atoms with Crippen molar-refractivity contribution in [3.05, 3.63) is 77.6 Å². The molecule has 0 spiro atoms. The molecule has 0 N–H and O–H groups in total. The van der Waals surface area contributed by atoms with Gasteiger partial charge in [0.25, 0.3) is 0 Å². The minimum atomic E-state index is -0.236. The Bertz CT molecular complexity index is 1360. The number of benzene rings is 3. The number of aromatic nitrogens is 2. The highest BCUT2D eigenvalue weighted by atomic mass is 16.5. The van der Waals surface area contributed by atoms with E-state index in [0.29, 0.717) is 31.1 Å². The van der Waals surface area contributed by atoms with Crippen molar-refractivity contribution in [2.45, 2.75) is 33.0 Å². The zero-order chi connectivity index (χ0) is 26.2. The maximum atomic E-state index is 11.9. The van der Waals surface area contributed by atoms with Crippen LogP contribution in [0.4, 0.5) is 0 Å². The molecule has 1 aromatic heterocycles. The fourth-order valence-electron chi connectivity index (χ4n) is 3.98. The first-order valence-electron chi connectivity index (χ1n) is 12.2. The van der Waals surface area contributed by atoms with Crippen LogP contribution in [0, 0.1) is 0 Å². The van der Waals surface area contributed by atoms with Gasteiger partial charge in [0.05, 0.1) is 31.9 Å². The lowest BCUT2D eigenvalue weighted by Crippen LogP contribution is -2.07. The van der Waals surface area contributed by atoms with Gasteiger partial charge in [-0.15, -0.1) is 0 Å². The standard InChI is InChI=1S/C29H32N2O6/c1-5-35-29(32)14-10-21-9-11-24(17-27(21)37-18-20-7-6-8-22(15-20)33-3)36-19-28-30-25-13-12-23(34-4)16-26(25)31(28)2/h6-9,11-13,15-17H,5,10,14,18-19H2,1-4H3. The van der Waals surface area contributed by atoms with E-state index in [-0.39, 0.29) is 19.0 Å². The lowest BCUT2D eigenvalue weighted by Gasteiger charge is -2.14. The predicted octanol–water partition coefficient (Wildman–Crippen LogP) is 5.24. The van der Waals surface area contributed by atoms with Gasteiger partial charge in [0.15, 0.2) is 0 Å². The highest BCUT2D eigenvalue weighted by Crippen LogP contribution is 2.29. The van der Waals surface area contributed by atoms with Gasteiger partial charge in [0, 0.05) is 25.6 Å². The van der Waals surface area contributed by atoms with Crippen molar-refractivity contribution < 1.29 is 28.5 Å². The second-order valence-electron chi connectivity index (χ2n) is 8.45. The van der Waals surface area contributed by atoms with Crippen molar-refractivity contribution in [1.29, 1.82) is 0 Å². The Balaban J connectivity index is 1.51. The number of carbonyl (C=O) groups is 1. The molecule has 0 aliphatic rings. The minimum Gasteiger partial charge on any atom is -0.497 e. The molecule has 0 aliphatic heterocycles. The summed E-state index contributed by atoms with van der Waals surface area (Å²) in [6.07, 6.45) is 0.770. The summed E-state index contributed by atoms with van der Waals surface area (Å²) in [5.41, 5.74) is 3.71. The van der Waals surface area contributed by atoms with Crippen molar-refractivity contribution in [3.63, 3.8) is 0 Å². The Morgan fingerprint density at radius 2 is 1.68 bits per heavy atom. The third-order valence-electron chi connectivity index (χ3n) is 6.02. The molecule has 0 bridgehead atoms. The third-order valence-corrected chi connectivity index (χ3v) is 6.02. The average molecular weight is 505 g/mol. The van der Waals surface area contributed by atoms with Crippen LogP contribution in [-0.2, 0) is 36.2 Å². The molecule has 37 heavy (non-hydrogen) atoms. The first-order valence-corrected chi connectivity index (χ1v) is 12.2. The summed E-state index contributed by atoms with van der Waals surface area (Å²) in [6, 6.07) is 19.1. The second kappa shape index (κ2) is 12.2. The molecule has 0 atom stereocenters. The second-order valence-corrected chi connectivity index (χ2v) is 8.45. The summed E-state index contributed by atoms with van der Waals surface area (Å²) in [4.78, 5) is 16.6. The maximum absolute atomic E-state index is 11.9. The van der Waals surface area contributed by atoms with E-state index in [2.05, 4.69) is 4.98 Å². The number of rotatable bonds is 12. The topological polar surface area (TPSA) is 81.0 Å². The number of hydrogen-bond donors (Lipinski definition) is 0. The van der Waals surface area contributed by atoms with Gasteiger partial charge in [-0.1, -0.05) is 18.2 Å². The first-order chi connectivity index (χ1) is 18.0. The molecule has 194 valence electrons. The van der Waals surface area contributed by atoms with Gasteiger partial charge in [0.2, 0.25) is 0 Å². The summed E-state index contributed by atoms with van der Waals surface area (Å²) in [5, 5.41) is 0. The minimum absolute atomic E-state index is 0.236. The summed E-state index contributed by atoms with van der Waals surface area (Å²) in [5.74, 6) is 3.39. The van der Waals surface area contributed by atoms with Crippen LogP contribution in [-0.4, -0.2) is 36.3 Å². The molecule has 4 aromatic rings. The van der Waals surface area contributed by atoms with Crippen molar-refractivity contribution in [2.75, 3.05) is 20.8 Å². The lowest BCUT2D eigenvalue weighted by molar-refractivity contribution is -0.143. The summed E-state index contributed by atoms with van der Waals surface area (Å²) < 4.78 is 30.0. The molecule has 0 saturated heterocycles. The SMILES string of the molecule is CCOC(=O)CCc1ccc(OCc2nc3ccc(OC)cc3n2C)cc1OCc1cccc(OC)c1. The smallest absolute Gasteiger partial charge is 0.306 e. The number of fused-ring (bicyclic) bond motifs is 1. The molecular formula is C29H32N2O6. The summed E-state index contributed by atoms with van der Waals surface area (Å²) in [6.45, 7) is 2.79.